The molecule has 0 bridgehead atoms. The third kappa shape index (κ3) is 8.61. The molecule has 10 nitrogen and oxygen atoms in total. The molecule has 0 spiro atoms. The molecule has 1 saturated heterocycles. The zero-order chi connectivity index (χ0) is 35.2. The maximum Gasteiger partial charge on any atom is 0.271 e. The van der Waals surface area contributed by atoms with Gasteiger partial charge in [0.15, 0.2) is 0 Å². The molecule has 7 rings (SSSR count). The second-order valence-corrected chi connectivity index (χ2v) is 13.5. The summed E-state index contributed by atoms with van der Waals surface area (Å²) in [6.07, 6.45) is 7.69. The Morgan fingerprint density at radius 1 is 0.902 bits per heavy atom. The number of nitrogens with one attached hydrogen (secondary N) is 3. The predicted octanol–water partition coefficient (Wildman–Crippen LogP) is 5.94. The number of pyridine rings is 2. The summed E-state index contributed by atoms with van der Waals surface area (Å²) >= 11 is 0. The number of benzene rings is 2. The van der Waals surface area contributed by atoms with Crippen molar-refractivity contribution < 1.29 is 18.7 Å². The summed E-state index contributed by atoms with van der Waals surface area (Å²) in [6.45, 7) is 7.46. The number of halogens is 1. The lowest BCUT2D eigenvalue weighted by atomic mass is 9.91. The zero-order valence-corrected chi connectivity index (χ0v) is 28.9. The SMILES string of the molecule is Cc1cccc2nc(C(=O)NC3CCC(NC(=O)c4cc(F)cnc4Oc4cccc(-c5ccc(CCCN6CCNCC6)cc5)c4)CC3)cn12. The van der Waals surface area contributed by atoms with Gasteiger partial charge in [0, 0.05) is 50.2 Å². The Bertz CT molecular complexity index is 1980. The van der Waals surface area contributed by atoms with Crippen molar-refractivity contribution in [3.8, 4) is 22.8 Å². The average molecular weight is 690 g/mol. The second-order valence-electron chi connectivity index (χ2n) is 13.5. The number of ether oxygens (including phenoxy) is 1. The van der Waals surface area contributed by atoms with Crippen LogP contribution in [0.1, 0.15) is 64.2 Å². The molecular formula is C40H44FN7O3. The molecule has 2 fully saturated rings. The third-order valence-corrected chi connectivity index (χ3v) is 9.87. The Kier molecular flexibility index (Phi) is 10.7. The highest BCUT2D eigenvalue weighted by Gasteiger charge is 2.26. The number of carbonyl (C=O) groups excluding carboxylic acids is 2. The van der Waals surface area contributed by atoms with Crippen molar-refractivity contribution in [2.24, 2.45) is 0 Å². The van der Waals surface area contributed by atoms with Crippen LogP contribution >= 0.6 is 0 Å². The summed E-state index contributed by atoms with van der Waals surface area (Å²) in [5.74, 6) is -0.750. The quantitative estimate of drug-likeness (QED) is 0.157. The molecule has 2 amide bonds. The molecule has 5 aromatic rings. The lowest BCUT2D eigenvalue weighted by Gasteiger charge is -2.29. The Morgan fingerprint density at radius 3 is 2.37 bits per heavy atom. The summed E-state index contributed by atoms with van der Waals surface area (Å²) in [6, 6.07) is 22.9. The van der Waals surface area contributed by atoms with E-state index >= 15 is 0 Å². The number of piperazine rings is 1. The van der Waals surface area contributed by atoms with Crippen molar-refractivity contribution in [3.63, 3.8) is 0 Å². The van der Waals surface area contributed by atoms with E-state index in [0.717, 1.165) is 80.3 Å². The van der Waals surface area contributed by atoms with E-state index in [9.17, 15) is 14.0 Å². The van der Waals surface area contributed by atoms with Crippen LogP contribution in [0, 0.1) is 12.7 Å². The minimum atomic E-state index is -0.622. The highest BCUT2D eigenvalue weighted by Crippen LogP contribution is 2.29. The maximum atomic E-state index is 14.4. The average Bonchev–Trinajstić information content (AvgIpc) is 3.60. The van der Waals surface area contributed by atoms with Gasteiger partial charge in [-0.2, -0.15) is 0 Å². The number of carbonyl (C=O) groups is 2. The van der Waals surface area contributed by atoms with Crippen LogP contribution in [0.15, 0.2) is 85.2 Å². The molecule has 0 radical (unpaired) electrons. The molecule has 0 atom stereocenters. The minimum Gasteiger partial charge on any atom is -0.438 e. The fraction of sp³-hybridized carbons (Fsp3) is 0.350. The van der Waals surface area contributed by atoms with Gasteiger partial charge in [-0.25, -0.2) is 14.4 Å². The summed E-state index contributed by atoms with van der Waals surface area (Å²) in [4.78, 5) is 37.5. The fourth-order valence-corrected chi connectivity index (χ4v) is 6.99. The molecule has 4 heterocycles. The number of nitrogens with zero attached hydrogens (tertiary/aromatic N) is 4. The van der Waals surface area contributed by atoms with E-state index < -0.39 is 11.7 Å². The highest BCUT2D eigenvalue weighted by molar-refractivity contribution is 5.96. The summed E-state index contributed by atoms with van der Waals surface area (Å²) in [7, 11) is 0. The van der Waals surface area contributed by atoms with Crippen molar-refractivity contribution >= 4 is 17.5 Å². The fourth-order valence-electron chi connectivity index (χ4n) is 6.99. The van der Waals surface area contributed by atoms with E-state index in [0.29, 0.717) is 37.1 Å². The van der Waals surface area contributed by atoms with Crippen molar-refractivity contribution in [2.75, 3.05) is 32.7 Å². The summed E-state index contributed by atoms with van der Waals surface area (Å²) in [5.41, 5.74) is 5.46. The molecule has 2 aliphatic rings. The van der Waals surface area contributed by atoms with Crippen LogP contribution in [-0.4, -0.2) is 75.9 Å². The van der Waals surface area contributed by atoms with E-state index in [-0.39, 0.29) is 29.4 Å². The first-order valence-electron chi connectivity index (χ1n) is 17.9. The number of aryl methyl sites for hydroxylation is 2. The Hall–Kier alpha value is -5.13. The number of hydrogen-bond donors (Lipinski definition) is 3. The van der Waals surface area contributed by atoms with Gasteiger partial charge in [0.1, 0.15) is 28.5 Å². The lowest BCUT2D eigenvalue weighted by Crippen LogP contribution is -2.44. The zero-order valence-electron chi connectivity index (χ0n) is 28.9. The molecule has 1 aliphatic heterocycles. The van der Waals surface area contributed by atoms with Crippen LogP contribution in [0.2, 0.25) is 0 Å². The number of aromatic nitrogens is 3. The lowest BCUT2D eigenvalue weighted by molar-refractivity contribution is 0.0888. The van der Waals surface area contributed by atoms with Crippen molar-refractivity contribution in [1.29, 1.82) is 0 Å². The number of amides is 2. The topological polar surface area (TPSA) is 113 Å². The molecule has 2 aromatic carbocycles. The van der Waals surface area contributed by atoms with Gasteiger partial charge < -0.3 is 30.0 Å². The van der Waals surface area contributed by atoms with Gasteiger partial charge in [-0.15, -0.1) is 0 Å². The Balaban J connectivity index is 0.929. The summed E-state index contributed by atoms with van der Waals surface area (Å²) in [5, 5.41) is 9.53. The first kappa shape index (κ1) is 34.3. The van der Waals surface area contributed by atoms with Crippen LogP contribution in [0.4, 0.5) is 4.39 Å². The van der Waals surface area contributed by atoms with Crippen molar-refractivity contribution in [3.05, 3.63) is 114 Å². The molecule has 1 saturated carbocycles. The Labute approximate surface area is 297 Å². The molecule has 3 aromatic heterocycles. The first-order valence-corrected chi connectivity index (χ1v) is 17.9. The van der Waals surface area contributed by atoms with Gasteiger partial charge >= 0.3 is 0 Å². The van der Waals surface area contributed by atoms with E-state index in [1.165, 1.54) is 5.56 Å². The van der Waals surface area contributed by atoms with E-state index in [1.54, 1.807) is 12.3 Å². The van der Waals surface area contributed by atoms with Crippen LogP contribution in [-0.2, 0) is 6.42 Å². The largest absolute Gasteiger partial charge is 0.438 e. The number of imidazole rings is 1. The van der Waals surface area contributed by atoms with Crippen LogP contribution in [0.25, 0.3) is 16.8 Å². The monoisotopic (exact) mass is 689 g/mol. The second kappa shape index (κ2) is 15.8. The molecule has 1 aliphatic carbocycles. The van der Waals surface area contributed by atoms with Crippen LogP contribution < -0.4 is 20.7 Å². The molecule has 3 N–H and O–H groups in total. The van der Waals surface area contributed by atoms with Gasteiger partial charge in [-0.05, 0) is 99.0 Å². The molecule has 264 valence electrons. The van der Waals surface area contributed by atoms with Crippen molar-refractivity contribution in [2.45, 2.75) is 57.5 Å². The summed E-state index contributed by atoms with van der Waals surface area (Å²) < 4.78 is 22.4. The molecule has 0 unspecified atom stereocenters. The molecule has 51 heavy (non-hydrogen) atoms. The standard InChI is InChI=1S/C40H44FN7O3/c1-27-5-2-9-37-46-36(26-48(27)37)39(50)45-33-16-14-32(15-17-33)44-38(49)35-24-31(41)25-43-40(35)51-34-8-3-7-30(23-34)29-12-10-28(11-13-29)6-4-20-47-21-18-42-19-22-47/h2-3,5,7-13,23-26,32-33,42H,4,6,14-22H2,1H3,(H,44,49)(H,45,50). The highest BCUT2D eigenvalue weighted by atomic mass is 19.1. The Morgan fingerprint density at radius 2 is 1.63 bits per heavy atom. The first-order chi connectivity index (χ1) is 24.9. The van der Waals surface area contributed by atoms with Gasteiger partial charge in [0.25, 0.3) is 11.8 Å². The van der Waals surface area contributed by atoms with E-state index in [1.807, 2.05) is 47.7 Å². The van der Waals surface area contributed by atoms with E-state index in [4.69, 9.17) is 4.74 Å². The van der Waals surface area contributed by atoms with Crippen molar-refractivity contribution in [1.82, 2.24) is 35.2 Å². The van der Waals surface area contributed by atoms with Gasteiger partial charge in [-0.1, -0.05) is 42.5 Å². The van der Waals surface area contributed by atoms with Crippen LogP contribution in [0.3, 0.4) is 0 Å². The predicted molar refractivity (Wildman–Crippen MR) is 195 cm³/mol. The molecule has 11 heteroatoms. The minimum absolute atomic E-state index is 0.0304. The normalized spacial score (nSPS) is 18.0. The third-order valence-electron chi connectivity index (χ3n) is 9.87. The smallest absolute Gasteiger partial charge is 0.271 e. The van der Waals surface area contributed by atoms with Crippen LogP contribution in [0.5, 0.6) is 11.6 Å². The van der Waals surface area contributed by atoms with Gasteiger partial charge in [-0.3, -0.25) is 9.59 Å². The number of hydrogen-bond acceptors (Lipinski definition) is 7. The maximum absolute atomic E-state index is 14.4. The van der Waals surface area contributed by atoms with Gasteiger partial charge in [0.05, 0.1) is 6.20 Å². The van der Waals surface area contributed by atoms with Gasteiger partial charge in [0.2, 0.25) is 5.88 Å². The van der Waals surface area contributed by atoms with E-state index in [2.05, 4.69) is 55.1 Å². The number of rotatable bonds is 11. The number of fused-ring (bicyclic) bond motifs is 1. The molecular weight excluding hydrogens is 645 g/mol.